The second kappa shape index (κ2) is 9.54. The van der Waals surface area contributed by atoms with Crippen LogP contribution in [0.15, 0.2) is 60.0 Å². The first-order valence-corrected chi connectivity index (χ1v) is 10.5. The van der Waals surface area contributed by atoms with E-state index in [1.165, 1.54) is 18.3 Å². The van der Waals surface area contributed by atoms with Crippen molar-refractivity contribution < 1.29 is 19.4 Å². The predicted molar refractivity (Wildman–Crippen MR) is 117 cm³/mol. The summed E-state index contributed by atoms with van der Waals surface area (Å²) in [4.78, 5) is 28.9. The number of thiazole rings is 1. The maximum atomic E-state index is 12.6. The fourth-order valence-corrected chi connectivity index (χ4v) is 3.90. The second-order valence-electron chi connectivity index (χ2n) is 7.13. The summed E-state index contributed by atoms with van der Waals surface area (Å²) in [6.45, 7) is 4.06. The number of carbonyl (C=O) groups is 2. The molecule has 1 unspecified atom stereocenters. The summed E-state index contributed by atoms with van der Waals surface area (Å²) in [6.07, 6.45) is 0.217. The van der Waals surface area contributed by atoms with Crippen LogP contribution in [0.5, 0.6) is 5.75 Å². The van der Waals surface area contributed by atoms with Crippen molar-refractivity contribution in [1.82, 2.24) is 10.3 Å². The standard InChI is InChI=1S/C23H24N2O4S/c1-3-29-19-11-9-17(10-12-19)21-24-18(15-30-21)13-20(26)25-23(2,22(27)28)14-16-7-5-4-6-8-16/h4-12,15H,3,13-14H2,1-2H3,(H,25,26)(H,27,28). The van der Waals surface area contributed by atoms with E-state index in [0.29, 0.717) is 12.3 Å². The Morgan fingerprint density at radius 3 is 2.47 bits per heavy atom. The predicted octanol–water partition coefficient (Wildman–Crippen LogP) is 3.95. The van der Waals surface area contributed by atoms with Crippen LogP contribution in [-0.2, 0) is 22.4 Å². The van der Waals surface area contributed by atoms with Gasteiger partial charge in [-0.25, -0.2) is 9.78 Å². The molecule has 0 aliphatic carbocycles. The van der Waals surface area contributed by atoms with Gasteiger partial charge < -0.3 is 15.2 Å². The summed E-state index contributed by atoms with van der Waals surface area (Å²) in [7, 11) is 0. The van der Waals surface area contributed by atoms with Crippen LogP contribution in [0, 0.1) is 0 Å². The number of aromatic nitrogens is 1. The van der Waals surface area contributed by atoms with Crippen LogP contribution in [0.1, 0.15) is 25.1 Å². The van der Waals surface area contributed by atoms with E-state index in [2.05, 4.69) is 10.3 Å². The summed E-state index contributed by atoms with van der Waals surface area (Å²) in [6, 6.07) is 16.9. The summed E-state index contributed by atoms with van der Waals surface area (Å²) in [5.41, 5.74) is 0.990. The van der Waals surface area contributed by atoms with Crippen LogP contribution in [0.2, 0.25) is 0 Å². The molecular formula is C23H24N2O4S. The quantitative estimate of drug-likeness (QED) is 0.543. The van der Waals surface area contributed by atoms with Crippen molar-refractivity contribution in [3.8, 4) is 16.3 Å². The van der Waals surface area contributed by atoms with Gasteiger partial charge in [0.1, 0.15) is 16.3 Å². The molecule has 1 heterocycles. The molecule has 3 aromatic rings. The summed E-state index contributed by atoms with van der Waals surface area (Å²) in [5, 5.41) is 15.0. The third kappa shape index (κ3) is 5.45. The van der Waals surface area contributed by atoms with Crippen molar-refractivity contribution >= 4 is 23.2 Å². The number of hydrogen-bond acceptors (Lipinski definition) is 5. The second-order valence-corrected chi connectivity index (χ2v) is 7.98. The highest BCUT2D eigenvalue weighted by Gasteiger charge is 2.35. The number of carboxylic acids is 1. The summed E-state index contributed by atoms with van der Waals surface area (Å²) < 4.78 is 5.44. The molecule has 0 bridgehead atoms. The van der Waals surface area contributed by atoms with Gasteiger partial charge in [-0.05, 0) is 43.7 Å². The third-order valence-electron chi connectivity index (χ3n) is 4.59. The number of carbonyl (C=O) groups excluding carboxylic acids is 1. The molecular weight excluding hydrogens is 400 g/mol. The first-order chi connectivity index (χ1) is 14.4. The highest BCUT2D eigenvalue weighted by atomic mass is 32.1. The molecule has 2 N–H and O–H groups in total. The lowest BCUT2D eigenvalue weighted by molar-refractivity contribution is -0.146. The van der Waals surface area contributed by atoms with Gasteiger partial charge in [0.25, 0.3) is 0 Å². The minimum atomic E-state index is -1.40. The highest BCUT2D eigenvalue weighted by Crippen LogP contribution is 2.26. The fourth-order valence-electron chi connectivity index (χ4n) is 3.07. The van der Waals surface area contributed by atoms with E-state index in [1.54, 1.807) is 0 Å². The van der Waals surface area contributed by atoms with Crippen LogP contribution >= 0.6 is 11.3 Å². The van der Waals surface area contributed by atoms with E-state index < -0.39 is 11.5 Å². The normalized spacial score (nSPS) is 12.7. The van der Waals surface area contributed by atoms with Crippen molar-refractivity contribution in [1.29, 1.82) is 0 Å². The van der Waals surface area contributed by atoms with Crippen LogP contribution < -0.4 is 10.1 Å². The van der Waals surface area contributed by atoms with Crippen molar-refractivity contribution in [3.63, 3.8) is 0 Å². The number of nitrogens with one attached hydrogen (secondary N) is 1. The van der Waals surface area contributed by atoms with Gasteiger partial charge in [0.15, 0.2) is 0 Å². The summed E-state index contributed by atoms with van der Waals surface area (Å²) in [5.74, 6) is -0.656. The van der Waals surface area contributed by atoms with Crippen molar-refractivity contribution in [3.05, 3.63) is 71.2 Å². The van der Waals surface area contributed by atoms with Gasteiger partial charge in [-0.1, -0.05) is 30.3 Å². The number of amides is 1. The first kappa shape index (κ1) is 21.5. The van der Waals surface area contributed by atoms with Crippen molar-refractivity contribution in [2.75, 3.05) is 6.61 Å². The minimum absolute atomic E-state index is 0.0190. The van der Waals surface area contributed by atoms with Gasteiger partial charge in [-0.2, -0.15) is 0 Å². The number of aliphatic carboxylic acids is 1. The molecule has 1 amide bonds. The molecule has 1 atom stereocenters. The van der Waals surface area contributed by atoms with Gasteiger partial charge in [0.2, 0.25) is 5.91 Å². The van der Waals surface area contributed by atoms with Crippen LogP contribution in [0.25, 0.3) is 10.6 Å². The van der Waals surface area contributed by atoms with Crippen LogP contribution in [0.4, 0.5) is 0 Å². The zero-order valence-corrected chi connectivity index (χ0v) is 17.7. The number of nitrogens with zero attached hydrogens (tertiary/aromatic N) is 1. The Bertz CT molecular complexity index is 1000. The topological polar surface area (TPSA) is 88.5 Å². The molecule has 0 spiro atoms. The molecule has 0 saturated heterocycles. The lowest BCUT2D eigenvalue weighted by Crippen LogP contribution is -2.54. The van der Waals surface area contributed by atoms with Gasteiger partial charge in [0.05, 0.1) is 18.7 Å². The Morgan fingerprint density at radius 1 is 1.13 bits per heavy atom. The molecule has 156 valence electrons. The van der Waals surface area contributed by atoms with E-state index in [1.807, 2.05) is 66.9 Å². The van der Waals surface area contributed by atoms with E-state index in [9.17, 15) is 14.7 Å². The number of hydrogen-bond donors (Lipinski definition) is 2. The van der Waals surface area contributed by atoms with E-state index in [-0.39, 0.29) is 18.7 Å². The van der Waals surface area contributed by atoms with Crippen molar-refractivity contribution in [2.45, 2.75) is 32.2 Å². The zero-order valence-electron chi connectivity index (χ0n) is 16.9. The molecule has 1 aromatic heterocycles. The highest BCUT2D eigenvalue weighted by molar-refractivity contribution is 7.13. The zero-order chi connectivity index (χ0) is 21.6. The molecule has 0 aliphatic rings. The van der Waals surface area contributed by atoms with E-state index in [0.717, 1.165) is 21.9 Å². The maximum absolute atomic E-state index is 12.6. The maximum Gasteiger partial charge on any atom is 0.329 e. The van der Waals surface area contributed by atoms with Gasteiger partial charge in [-0.3, -0.25) is 4.79 Å². The molecule has 6 nitrogen and oxygen atoms in total. The Morgan fingerprint density at radius 2 is 1.83 bits per heavy atom. The number of rotatable bonds is 9. The Balaban J connectivity index is 1.66. The minimum Gasteiger partial charge on any atom is -0.494 e. The molecule has 2 aromatic carbocycles. The SMILES string of the molecule is CCOc1ccc(-c2nc(CC(=O)NC(C)(Cc3ccccc3)C(=O)O)cs2)cc1. The average Bonchev–Trinajstić information content (AvgIpc) is 3.17. The third-order valence-corrected chi connectivity index (χ3v) is 5.53. The molecule has 3 rings (SSSR count). The van der Waals surface area contributed by atoms with Gasteiger partial charge in [0, 0.05) is 17.4 Å². The smallest absolute Gasteiger partial charge is 0.329 e. The largest absolute Gasteiger partial charge is 0.494 e. The van der Waals surface area contributed by atoms with Crippen LogP contribution in [-0.4, -0.2) is 34.1 Å². The molecule has 0 fully saturated rings. The molecule has 0 saturated carbocycles. The summed E-state index contributed by atoms with van der Waals surface area (Å²) >= 11 is 1.44. The molecule has 30 heavy (non-hydrogen) atoms. The Hall–Kier alpha value is -3.19. The van der Waals surface area contributed by atoms with Crippen LogP contribution in [0.3, 0.4) is 0 Å². The number of ether oxygens (including phenoxy) is 1. The molecule has 7 heteroatoms. The number of benzene rings is 2. The monoisotopic (exact) mass is 424 g/mol. The average molecular weight is 425 g/mol. The van der Waals surface area contributed by atoms with Gasteiger partial charge >= 0.3 is 5.97 Å². The van der Waals surface area contributed by atoms with Crippen molar-refractivity contribution in [2.24, 2.45) is 0 Å². The van der Waals surface area contributed by atoms with E-state index >= 15 is 0 Å². The lowest BCUT2D eigenvalue weighted by atomic mass is 9.92. The van der Waals surface area contributed by atoms with Gasteiger partial charge in [-0.15, -0.1) is 11.3 Å². The number of carboxylic acid groups (broad SMARTS) is 1. The lowest BCUT2D eigenvalue weighted by Gasteiger charge is -2.26. The van der Waals surface area contributed by atoms with E-state index in [4.69, 9.17) is 4.74 Å². The molecule has 0 aliphatic heterocycles. The Kier molecular flexibility index (Phi) is 6.84. The molecule has 0 radical (unpaired) electrons. The fraction of sp³-hybridized carbons (Fsp3) is 0.261. The first-order valence-electron chi connectivity index (χ1n) is 9.65. The Labute approximate surface area is 179 Å².